The minimum atomic E-state index is -0.785. The minimum Gasteiger partial charge on any atom is -0.307 e. The number of rotatable bonds is 3. The van der Waals surface area contributed by atoms with Crippen molar-refractivity contribution < 1.29 is 8.78 Å². The van der Waals surface area contributed by atoms with E-state index in [0.29, 0.717) is 6.04 Å². The first-order valence-corrected chi connectivity index (χ1v) is 6.61. The lowest BCUT2D eigenvalue weighted by Crippen LogP contribution is -2.39. The van der Waals surface area contributed by atoms with Crippen molar-refractivity contribution in [2.45, 2.75) is 52.1 Å². The standard InChI is InChI=1S/C15H21F2N/c1-10(11-6-7-12(16)13(17)9-11)18-14-5-4-8-15(14,2)3/h6-7,9-10,14,18H,4-5,8H2,1-3H3. The Balaban J connectivity index is 2.07. The van der Waals surface area contributed by atoms with Crippen LogP contribution in [0, 0.1) is 17.0 Å². The predicted octanol–water partition coefficient (Wildman–Crippen LogP) is 4.19. The number of benzene rings is 1. The Hall–Kier alpha value is -0.960. The number of nitrogens with one attached hydrogen (secondary N) is 1. The van der Waals surface area contributed by atoms with Crippen LogP contribution in [0.5, 0.6) is 0 Å². The van der Waals surface area contributed by atoms with E-state index < -0.39 is 11.6 Å². The zero-order valence-electron chi connectivity index (χ0n) is 11.3. The summed E-state index contributed by atoms with van der Waals surface area (Å²) in [4.78, 5) is 0. The molecule has 0 heterocycles. The monoisotopic (exact) mass is 253 g/mol. The Morgan fingerprint density at radius 3 is 2.56 bits per heavy atom. The molecule has 0 amide bonds. The molecule has 1 N–H and O–H groups in total. The van der Waals surface area contributed by atoms with Gasteiger partial charge in [0.1, 0.15) is 0 Å². The van der Waals surface area contributed by atoms with Crippen LogP contribution >= 0.6 is 0 Å². The summed E-state index contributed by atoms with van der Waals surface area (Å²) in [5.74, 6) is -1.56. The minimum absolute atomic E-state index is 0.0440. The molecule has 0 aliphatic heterocycles. The summed E-state index contributed by atoms with van der Waals surface area (Å²) in [5.41, 5.74) is 1.09. The molecular formula is C15H21F2N. The zero-order valence-corrected chi connectivity index (χ0v) is 11.3. The fraction of sp³-hybridized carbons (Fsp3) is 0.600. The van der Waals surface area contributed by atoms with Crippen molar-refractivity contribution >= 4 is 0 Å². The molecule has 1 aliphatic rings. The number of hydrogen-bond acceptors (Lipinski definition) is 1. The van der Waals surface area contributed by atoms with Crippen LogP contribution in [-0.4, -0.2) is 6.04 Å². The van der Waals surface area contributed by atoms with Gasteiger partial charge in [-0.05, 0) is 42.9 Å². The third-order valence-electron chi connectivity index (χ3n) is 4.15. The third kappa shape index (κ3) is 2.72. The van der Waals surface area contributed by atoms with Gasteiger partial charge < -0.3 is 5.32 Å². The normalized spacial score (nSPS) is 24.2. The van der Waals surface area contributed by atoms with E-state index in [2.05, 4.69) is 19.2 Å². The molecule has 0 bridgehead atoms. The molecule has 3 heteroatoms. The largest absolute Gasteiger partial charge is 0.307 e. The molecular weight excluding hydrogens is 232 g/mol. The molecule has 1 nitrogen and oxygen atoms in total. The van der Waals surface area contributed by atoms with Crippen LogP contribution < -0.4 is 5.32 Å². The maximum atomic E-state index is 13.2. The first-order chi connectivity index (χ1) is 8.40. The summed E-state index contributed by atoms with van der Waals surface area (Å²) in [5, 5.41) is 3.54. The molecule has 1 aliphatic carbocycles. The molecule has 100 valence electrons. The average molecular weight is 253 g/mol. The van der Waals surface area contributed by atoms with E-state index in [4.69, 9.17) is 0 Å². The van der Waals surface area contributed by atoms with Gasteiger partial charge in [0.15, 0.2) is 11.6 Å². The van der Waals surface area contributed by atoms with Crippen LogP contribution in [0.2, 0.25) is 0 Å². The van der Waals surface area contributed by atoms with Crippen molar-refractivity contribution in [2.75, 3.05) is 0 Å². The summed E-state index contributed by atoms with van der Waals surface area (Å²) in [6.45, 7) is 6.52. The topological polar surface area (TPSA) is 12.0 Å². The second-order valence-electron chi connectivity index (χ2n) is 6.00. The van der Waals surface area contributed by atoms with Gasteiger partial charge in [0, 0.05) is 12.1 Å². The molecule has 0 saturated heterocycles. The van der Waals surface area contributed by atoms with Crippen molar-refractivity contribution in [1.29, 1.82) is 0 Å². The summed E-state index contributed by atoms with van der Waals surface area (Å²) < 4.78 is 26.1. The second-order valence-corrected chi connectivity index (χ2v) is 6.00. The second kappa shape index (κ2) is 4.96. The Bertz CT molecular complexity index is 429. The molecule has 2 unspecified atom stereocenters. The lowest BCUT2D eigenvalue weighted by atomic mass is 9.86. The van der Waals surface area contributed by atoms with Gasteiger partial charge in [0.2, 0.25) is 0 Å². The summed E-state index contributed by atoms with van der Waals surface area (Å²) in [7, 11) is 0. The van der Waals surface area contributed by atoms with Gasteiger partial charge in [-0.25, -0.2) is 8.78 Å². The fourth-order valence-electron chi connectivity index (χ4n) is 2.82. The first-order valence-electron chi connectivity index (χ1n) is 6.61. The Morgan fingerprint density at radius 2 is 2.00 bits per heavy atom. The van der Waals surface area contributed by atoms with Gasteiger partial charge in [0.05, 0.1) is 0 Å². The molecule has 1 fully saturated rings. The summed E-state index contributed by atoms with van der Waals surface area (Å²) in [6.07, 6.45) is 3.60. The van der Waals surface area contributed by atoms with Crippen LogP contribution in [0.25, 0.3) is 0 Å². The van der Waals surface area contributed by atoms with Gasteiger partial charge in [-0.15, -0.1) is 0 Å². The van der Waals surface area contributed by atoms with Crippen LogP contribution in [0.3, 0.4) is 0 Å². The summed E-state index contributed by atoms with van der Waals surface area (Å²) in [6, 6.07) is 4.62. The van der Waals surface area contributed by atoms with Gasteiger partial charge in [-0.3, -0.25) is 0 Å². The van der Waals surface area contributed by atoms with Gasteiger partial charge in [-0.2, -0.15) is 0 Å². The Morgan fingerprint density at radius 1 is 1.28 bits per heavy atom. The lowest BCUT2D eigenvalue weighted by molar-refractivity contribution is 0.266. The summed E-state index contributed by atoms with van der Waals surface area (Å²) >= 11 is 0. The molecule has 1 aromatic rings. The van der Waals surface area contributed by atoms with E-state index >= 15 is 0 Å². The molecule has 1 aromatic carbocycles. The van der Waals surface area contributed by atoms with Gasteiger partial charge in [0.25, 0.3) is 0 Å². The Labute approximate surface area is 108 Å². The maximum absolute atomic E-state index is 13.2. The van der Waals surface area contributed by atoms with Crippen LogP contribution in [0.4, 0.5) is 8.78 Å². The van der Waals surface area contributed by atoms with E-state index in [1.807, 2.05) is 6.92 Å². The SMILES string of the molecule is CC(NC1CCCC1(C)C)c1ccc(F)c(F)c1. The molecule has 0 radical (unpaired) electrons. The van der Waals surface area contributed by atoms with E-state index in [9.17, 15) is 8.78 Å². The van der Waals surface area contributed by atoms with Crippen molar-refractivity contribution in [3.63, 3.8) is 0 Å². The van der Waals surface area contributed by atoms with Gasteiger partial charge in [-0.1, -0.05) is 26.3 Å². The van der Waals surface area contributed by atoms with Crippen molar-refractivity contribution in [1.82, 2.24) is 5.32 Å². The number of halogens is 2. The van der Waals surface area contributed by atoms with E-state index in [0.717, 1.165) is 12.0 Å². The molecule has 1 saturated carbocycles. The van der Waals surface area contributed by atoms with E-state index in [-0.39, 0.29) is 11.5 Å². The van der Waals surface area contributed by atoms with Crippen LogP contribution in [0.1, 0.15) is 51.6 Å². The zero-order chi connectivity index (χ0) is 13.3. The molecule has 18 heavy (non-hydrogen) atoms. The Kier molecular flexibility index (Phi) is 3.71. The maximum Gasteiger partial charge on any atom is 0.159 e. The highest BCUT2D eigenvalue weighted by molar-refractivity contribution is 5.21. The predicted molar refractivity (Wildman–Crippen MR) is 69.3 cm³/mol. The van der Waals surface area contributed by atoms with Crippen LogP contribution in [0.15, 0.2) is 18.2 Å². The van der Waals surface area contributed by atoms with Gasteiger partial charge >= 0.3 is 0 Å². The number of hydrogen-bond donors (Lipinski definition) is 1. The van der Waals surface area contributed by atoms with E-state index in [1.54, 1.807) is 6.07 Å². The molecule has 2 rings (SSSR count). The smallest absolute Gasteiger partial charge is 0.159 e. The molecule has 0 aromatic heterocycles. The van der Waals surface area contributed by atoms with Crippen molar-refractivity contribution in [3.8, 4) is 0 Å². The lowest BCUT2D eigenvalue weighted by Gasteiger charge is -2.31. The highest BCUT2D eigenvalue weighted by Crippen LogP contribution is 2.38. The van der Waals surface area contributed by atoms with E-state index in [1.165, 1.54) is 25.0 Å². The first kappa shape index (κ1) is 13.5. The van der Waals surface area contributed by atoms with Crippen molar-refractivity contribution in [2.24, 2.45) is 5.41 Å². The highest BCUT2D eigenvalue weighted by Gasteiger charge is 2.34. The van der Waals surface area contributed by atoms with Crippen LogP contribution in [-0.2, 0) is 0 Å². The fourth-order valence-corrected chi connectivity index (χ4v) is 2.82. The molecule has 0 spiro atoms. The quantitative estimate of drug-likeness (QED) is 0.851. The van der Waals surface area contributed by atoms with Crippen molar-refractivity contribution in [3.05, 3.63) is 35.4 Å². The highest BCUT2D eigenvalue weighted by atomic mass is 19.2. The molecule has 2 atom stereocenters. The third-order valence-corrected chi connectivity index (χ3v) is 4.15. The average Bonchev–Trinajstić information content (AvgIpc) is 2.62.